The van der Waals surface area contributed by atoms with Gasteiger partial charge in [-0.05, 0) is 6.54 Å². The van der Waals surface area contributed by atoms with Crippen LogP contribution in [-0.2, 0) is 4.79 Å². The number of rotatable bonds is 11. The maximum absolute atomic E-state index is 10.1. The highest BCUT2D eigenvalue weighted by Gasteiger charge is 1.93. The molecule has 90 valence electrons. The van der Waals surface area contributed by atoms with Gasteiger partial charge in [0.25, 0.3) is 0 Å². The number of carboxylic acids is 1. The highest BCUT2D eigenvalue weighted by molar-refractivity contribution is 5.68. The molecule has 0 saturated heterocycles. The van der Waals surface area contributed by atoms with E-state index in [0.29, 0.717) is 6.67 Å². The average Bonchev–Trinajstić information content (AvgIpc) is 2.20. The van der Waals surface area contributed by atoms with Crippen LogP contribution in [0.25, 0.3) is 0 Å². The first kappa shape index (κ1) is 14.3. The van der Waals surface area contributed by atoms with Gasteiger partial charge in [-0.25, -0.2) is 0 Å². The van der Waals surface area contributed by atoms with Crippen LogP contribution in [0.2, 0.25) is 0 Å². The molecule has 5 N–H and O–H groups in total. The van der Waals surface area contributed by atoms with Gasteiger partial charge >= 0.3 is 5.97 Å². The van der Waals surface area contributed by atoms with Crippen LogP contribution in [0.3, 0.4) is 0 Å². The van der Waals surface area contributed by atoms with Crippen molar-refractivity contribution in [3.05, 3.63) is 0 Å². The second-order valence-corrected chi connectivity index (χ2v) is 3.10. The molecule has 0 aliphatic rings. The Morgan fingerprint density at radius 1 is 1.00 bits per heavy atom. The summed E-state index contributed by atoms with van der Waals surface area (Å²) in [5, 5.41) is 20.6. The number of nitrogens with one attached hydrogen (secondary N) is 4. The Hall–Kier alpha value is -0.690. The molecule has 0 rings (SSSR count). The molecule has 0 amide bonds. The van der Waals surface area contributed by atoms with Crippen LogP contribution >= 0.6 is 0 Å². The predicted molar refractivity (Wildman–Crippen MR) is 59.9 cm³/mol. The summed E-state index contributed by atoms with van der Waals surface area (Å²) in [6.07, 6.45) is 0. The lowest BCUT2D eigenvalue weighted by atomic mass is 10.5. The highest BCUT2D eigenvalue weighted by Crippen LogP contribution is 1.62. The molecule has 0 aliphatic heterocycles. The zero-order valence-electron chi connectivity index (χ0n) is 9.31. The fourth-order valence-corrected chi connectivity index (χ4v) is 1.00. The SMILES string of the molecule is CCNCCNCCNCNCC(=O)O. The molecule has 0 fully saturated rings. The first-order valence-electron chi connectivity index (χ1n) is 5.32. The van der Waals surface area contributed by atoms with Crippen molar-refractivity contribution in [2.45, 2.75) is 6.92 Å². The van der Waals surface area contributed by atoms with Crippen molar-refractivity contribution in [3.8, 4) is 0 Å². The fourth-order valence-electron chi connectivity index (χ4n) is 1.00. The lowest BCUT2D eigenvalue weighted by Gasteiger charge is -2.06. The van der Waals surface area contributed by atoms with Gasteiger partial charge in [0.05, 0.1) is 6.54 Å². The largest absolute Gasteiger partial charge is 0.480 e. The van der Waals surface area contributed by atoms with E-state index in [2.05, 4.69) is 28.2 Å². The molecular weight excluding hydrogens is 196 g/mol. The maximum Gasteiger partial charge on any atom is 0.317 e. The Balaban J connectivity index is 2.89. The van der Waals surface area contributed by atoms with E-state index >= 15 is 0 Å². The molecule has 0 saturated carbocycles. The number of likely N-dealkylation sites (N-methyl/N-ethyl adjacent to an activating group) is 1. The van der Waals surface area contributed by atoms with E-state index in [1.54, 1.807) is 0 Å². The van der Waals surface area contributed by atoms with Crippen molar-refractivity contribution in [3.63, 3.8) is 0 Å². The smallest absolute Gasteiger partial charge is 0.317 e. The van der Waals surface area contributed by atoms with Gasteiger partial charge < -0.3 is 21.1 Å². The molecule has 0 heterocycles. The number of carboxylic acid groups (broad SMARTS) is 1. The first-order chi connectivity index (χ1) is 7.27. The second-order valence-electron chi connectivity index (χ2n) is 3.10. The summed E-state index contributed by atoms with van der Waals surface area (Å²) >= 11 is 0. The Morgan fingerprint density at radius 2 is 1.60 bits per heavy atom. The summed E-state index contributed by atoms with van der Waals surface area (Å²) in [5.41, 5.74) is 0. The van der Waals surface area contributed by atoms with Gasteiger partial charge in [0, 0.05) is 32.8 Å². The third kappa shape index (κ3) is 13.3. The molecule has 0 aromatic heterocycles. The van der Waals surface area contributed by atoms with E-state index in [0.717, 1.165) is 32.7 Å². The molecule has 0 aliphatic carbocycles. The standard InChI is InChI=1S/C9H22N4O2/c1-2-10-3-4-11-5-6-12-8-13-7-9(14)15/h10-13H,2-8H2,1H3,(H,14,15). The van der Waals surface area contributed by atoms with Crippen LogP contribution in [-0.4, -0.2) is 57.0 Å². The topological polar surface area (TPSA) is 85.4 Å². The minimum Gasteiger partial charge on any atom is -0.480 e. The summed E-state index contributed by atoms with van der Waals surface area (Å²) in [6, 6.07) is 0. The molecule has 0 spiro atoms. The fraction of sp³-hybridized carbons (Fsp3) is 0.889. The van der Waals surface area contributed by atoms with E-state index in [9.17, 15) is 4.79 Å². The lowest BCUT2D eigenvalue weighted by molar-refractivity contribution is -0.135. The van der Waals surface area contributed by atoms with Gasteiger partial charge in [0.1, 0.15) is 0 Å². The van der Waals surface area contributed by atoms with Crippen molar-refractivity contribution in [2.75, 3.05) is 45.9 Å². The molecule has 15 heavy (non-hydrogen) atoms. The van der Waals surface area contributed by atoms with Gasteiger partial charge in [-0.2, -0.15) is 0 Å². The molecule has 6 nitrogen and oxygen atoms in total. The van der Waals surface area contributed by atoms with Gasteiger partial charge in [-0.3, -0.25) is 10.1 Å². The second kappa shape index (κ2) is 11.4. The molecule has 0 unspecified atom stereocenters. The Labute approximate surface area is 90.8 Å². The van der Waals surface area contributed by atoms with Gasteiger partial charge in [0.2, 0.25) is 0 Å². The summed E-state index contributed by atoms with van der Waals surface area (Å²) in [6.45, 7) is 7.27. The van der Waals surface area contributed by atoms with Crippen molar-refractivity contribution in [1.82, 2.24) is 21.3 Å². The Kier molecular flexibility index (Phi) is 10.9. The monoisotopic (exact) mass is 218 g/mol. The molecule has 0 aromatic rings. The first-order valence-corrected chi connectivity index (χ1v) is 5.32. The van der Waals surface area contributed by atoms with Crippen LogP contribution in [0.1, 0.15) is 6.92 Å². The van der Waals surface area contributed by atoms with E-state index in [4.69, 9.17) is 5.11 Å². The molecule has 0 bridgehead atoms. The molecule has 0 atom stereocenters. The van der Waals surface area contributed by atoms with Crippen molar-refractivity contribution < 1.29 is 9.90 Å². The number of hydrogen-bond acceptors (Lipinski definition) is 5. The van der Waals surface area contributed by atoms with Crippen molar-refractivity contribution >= 4 is 5.97 Å². The highest BCUT2D eigenvalue weighted by atomic mass is 16.4. The van der Waals surface area contributed by atoms with Crippen LogP contribution in [0.15, 0.2) is 0 Å². The average molecular weight is 218 g/mol. The van der Waals surface area contributed by atoms with Crippen LogP contribution in [0.4, 0.5) is 0 Å². The summed E-state index contributed by atoms with van der Waals surface area (Å²) < 4.78 is 0. The van der Waals surface area contributed by atoms with Crippen molar-refractivity contribution in [2.24, 2.45) is 0 Å². The number of hydrogen-bond donors (Lipinski definition) is 5. The van der Waals surface area contributed by atoms with Crippen LogP contribution in [0, 0.1) is 0 Å². The normalized spacial score (nSPS) is 10.5. The van der Waals surface area contributed by atoms with E-state index in [1.807, 2.05) is 0 Å². The van der Waals surface area contributed by atoms with Gasteiger partial charge in [-0.15, -0.1) is 0 Å². The minimum atomic E-state index is -0.833. The van der Waals surface area contributed by atoms with Crippen LogP contribution < -0.4 is 21.3 Å². The Bertz CT molecular complexity index is 155. The van der Waals surface area contributed by atoms with E-state index in [-0.39, 0.29) is 6.54 Å². The van der Waals surface area contributed by atoms with Gasteiger partial charge in [-0.1, -0.05) is 6.92 Å². The number of carbonyl (C=O) groups is 1. The summed E-state index contributed by atoms with van der Waals surface area (Å²) in [7, 11) is 0. The minimum absolute atomic E-state index is 0.000842. The number of aliphatic carboxylic acids is 1. The van der Waals surface area contributed by atoms with E-state index in [1.165, 1.54) is 0 Å². The zero-order chi connectivity index (χ0) is 11.4. The summed E-state index contributed by atoms with van der Waals surface area (Å²) in [4.78, 5) is 10.1. The zero-order valence-corrected chi connectivity index (χ0v) is 9.31. The van der Waals surface area contributed by atoms with Crippen molar-refractivity contribution in [1.29, 1.82) is 0 Å². The van der Waals surface area contributed by atoms with Crippen LogP contribution in [0.5, 0.6) is 0 Å². The van der Waals surface area contributed by atoms with E-state index < -0.39 is 5.97 Å². The van der Waals surface area contributed by atoms with Gasteiger partial charge in [0.15, 0.2) is 0 Å². The maximum atomic E-state index is 10.1. The molecular formula is C9H22N4O2. The molecule has 6 heteroatoms. The third-order valence-corrected chi connectivity index (χ3v) is 1.73. The Morgan fingerprint density at radius 3 is 2.20 bits per heavy atom. The lowest BCUT2D eigenvalue weighted by Crippen LogP contribution is -2.37. The summed E-state index contributed by atoms with van der Waals surface area (Å²) in [5.74, 6) is -0.833. The predicted octanol–water partition coefficient (Wildman–Crippen LogP) is -1.59. The quantitative estimate of drug-likeness (QED) is 0.212. The molecule has 0 radical (unpaired) electrons. The molecule has 0 aromatic carbocycles. The third-order valence-electron chi connectivity index (χ3n) is 1.73.